The molecule has 23 heavy (non-hydrogen) atoms. The van der Waals surface area contributed by atoms with Crippen LogP contribution >= 0.6 is 0 Å². The molecule has 4 heteroatoms. The first-order chi connectivity index (χ1) is 11.2. The lowest BCUT2D eigenvalue weighted by molar-refractivity contribution is -0.125. The van der Waals surface area contributed by atoms with Crippen LogP contribution in [0.3, 0.4) is 0 Å². The zero-order chi connectivity index (χ0) is 15.9. The van der Waals surface area contributed by atoms with Gasteiger partial charge in [-0.2, -0.15) is 5.26 Å². The average Bonchev–Trinajstić information content (AvgIpc) is 3.01. The molecule has 2 aliphatic rings. The average molecular weight is 303 g/mol. The number of likely N-dealkylation sites (tertiary alicyclic amines) is 1. The van der Waals surface area contributed by atoms with E-state index < -0.39 is 5.41 Å². The van der Waals surface area contributed by atoms with Crippen molar-refractivity contribution in [3.8, 4) is 17.3 Å². The number of carbonyl (C=O) groups excluding carboxylic acids is 1. The number of anilines is 1. The summed E-state index contributed by atoms with van der Waals surface area (Å²) in [5.41, 5.74) is 3.85. The van der Waals surface area contributed by atoms with Crippen LogP contribution in [0.4, 0.5) is 5.69 Å². The zero-order valence-electron chi connectivity index (χ0n) is 12.7. The number of hydrogen-bond acceptors (Lipinski definition) is 3. The highest BCUT2D eigenvalue weighted by Gasteiger charge is 2.47. The van der Waals surface area contributed by atoms with E-state index in [2.05, 4.69) is 35.8 Å². The number of rotatable bonds is 1. The molecule has 0 radical (unpaired) electrons. The second-order valence-electron chi connectivity index (χ2n) is 6.42. The smallest absolute Gasteiger partial charge is 0.232 e. The van der Waals surface area contributed by atoms with Gasteiger partial charge in [0.05, 0.1) is 5.41 Å². The van der Waals surface area contributed by atoms with E-state index in [4.69, 9.17) is 5.26 Å². The van der Waals surface area contributed by atoms with Crippen molar-refractivity contribution in [2.45, 2.75) is 12.8 Å². The van der Waals surface area contributed by atoms with Crippen molar-refractivity contribution in [2.75, 3.05) is 18.4 Å². The summed E-state index contributed by atoms with van der Waals surface area (Å²) in [5, 5.41) is 12.1. The summed E-state index contributed by atoms with van der Waals surface area (Å²) in [5.74, 6) is 0.0490. The van der Waals surface area contributed by atoms with Gasteiger partial charge in [-0.25, -0.2) is 0 Å². The van der Waals surface area contributed by atoms with E-state index in [1.165, 1.54) is 0 Å². The monoisotopic (exact) mass is 303 g/mol. The molecule has 114 valence electrons. The van der Waals surface area contributed by atoms with Crippen molar-refractivity contribution >= 4 is 11.6 Å². The summed E-state index contributed by atoms with van der Waals surface area (Å²) in [7, 11) is 0. The minimum Gasteiger partial charge on any atom is -0.325 e. The molecule has 0 saturated carbocycles. The Balaban J connectivity index is 1.67. The van der Waals surface area contributed by atoms with Crippen LogP contribution in [0.5, 0.6) is 0 Å². The van der Waals surface area contributed by atoms with Crippen LogP contribution in [0.2, 0.25) is 0 Å². The van der Waals surface area contributed by atoms with Gasteiger partial charge in [0.1, 0.15) is 0 Å². The van der Waals surface area contributed by atoms with E-state index in [1.54, 1.807) is 4.90 Å². The minimum absolute atomic E-state index is 0.0490. The highest BCUT2D eigenvalue weighted by atomic mass is 16.2. The van der Waals surface area contributed by atoms with Crippen molar-refractivity contribution in [1.82, 2.24) is 4.90 Å². The van der Waals surface area contributed by atoms with Crippen LogP contribution in [0.15, 0.2) is 48.5 Å². The summed E-state index contributed by atoms with van der Waals surface area (Å²) in [6.45, 7) is 1.19. The Bertz CT molecular complexity index is 809. The van der Waals surface area contributed by atoms with Gasteiger partial charge in [0.25, 0.3) is 0 Å². The molecule has 2 heterocycles. The van der Waals surface area contributed by atoms with Gasteiger partial charge in [-0.1, -0.05) is 42.5 Å². The first kappa shape index (κ1) is 13.8. The molecule has 2 aliphatic heterocycles. The molecule has 0 aromatic heterocycles. The fourth-order valence-corrected chi connectivity index (χ4v) is 3.64. The van der Waals surface area contributed by atoms with Crippen LogP contribution in [-0.2, 0) is 11.2 Å². The molecule has 4 nitrogen and oxygen atoms in total. The molecule has 1 fully saturated rings. The van der Waals surface area contributed by atoms with Gasteiger partial charge >= 0.3 is 0 Å². The zero-order valence-corrected chi connectivity index (χ0v) is 12.7. The lowest BCUT2D eigenvalue weighted by atomic mass is 9.76. The predicted molar refractivity (Wildman–Crippen MR) is 88.4 cm³/mol. The van der Waals surface area contributed by atoms with Crippen molar-refractivity contribution in [1.29, 1.82) is 5.26 Å². The molecule has 1 amide bonds. The number of nitrogens with zero attached hydrogens (tertiary/aromatic N) is 2. The largest absolute Gasteiger partial charge is 0.325 e. The summed E-state index contributed by atoms with van der Waals surface area (Å²) in [6, 6.07) is 16.4. The Morgan fingerprint density at radius 2 is 1.96 bits per heavy atom. The van der Waals surface area contributed by atoms with Gasteiger partial charge in [-0.3, -0.25) is 4.79 Å². The summed E-state index contributed by atoms with van der Waals surface area (Å²) in [6.07, 6.45) is 3.62. The van der Waals surface area contributed by atoms with Gasteiger partial charge in [0.2, 0.25) is 5.91 Å². The maximum absolute atomic E-state index is 12.6. The molecule has 1 spiro atoms. The molecule has 4 rings (SSSR count). The lowest BCUT2D eigenvalue weighted by Crippen LogP contribution is -2.43. The van der Waals surface area contributed by atoms with E-state index >= 15 is 0 Å². The third kappa shape index (κ3) is 2.25. The highest BCUT2D eigenvalue weighted by Crippen LogP contribution is 2.41. The van der Waals surface area contributed by atoms with Gasteiger partial charge in [0, 0.05) is 18.8 Å². The van der Waals surface area contributed by atoms with Crippen LogP contribution in [-0.4, -0.2) is 23.9 Å². The predicted octanol–water partition coefficient (Wildman–Crippen LogP) is 3.02. The van der Waals surface area contributed by atoms with E-state index in [-0.39, 0.29) is 5.91 Å². The number of benzene rings is 2. The number of fused-ring (bicyclic) bond motifs is 1. The van der Waals surface area contributed by atoms with Crippen LogP contribution in [0, 0.1) is 16.9 Å². The van der Waals surface area contributed by atoms with Crippen molar-refractivity contribution < 1.29 is 4.79 Å². The SMILES string of the molecule is N#CN1CCC2(Cc3ccc(-c4ccccc4)cc3NC2=O)C1. The van der Waals surface area contributed by atoms with Gasteiger partial charge < -0.3 is 10.2 Å². The van der Waals surface area contributed by atoms with Gasteiger partial charge in [-0.15, -0.1) is 0 Å². The van der Waals surface area contributed by atoms with Gasteiger partial charge in [-0.05, 0) is 35.6 Å². The maximum Gasteiger partial charge on any atom is 0.232 e. The Labute approximate surface area is 135 Å². The molecular formula is C19H17N3O. The fraction of sp³-hybridized carbons (Fsp3) is 0.263. The Morgan fingerprint density at radius 3 is 2.70 bits per heavy atom. The molecular weight excluding hydrogens is 286 g/mol. The molecule has 2 aromatic carbocycles. The number of hydrogen-bond donors (Lipinski definition) is 1. The van der Waals surface area contributed by atoms with Gasteiger partial charge in [0.15, 0.2) is 6.19 Å². The van der Waals surface area contributed by atoms with Crippen LogP contribution in [0.1, 0.15) is 12.0 Å². The standard InChI is InChI=1S/C19H17N3O/c20-13-22-9-8-19(12-22)11-16-7-6-15(10-17(16)21-18(19)23)14-4-2-1-3-5-14/h1-7,10H,8-9,11-12H2,(H,21,23). The molecule has 1 unspecified atom stereocenters. The highest BCUT2D eigenvalue weighted by molar-refractivity contribution is 5.99. The van der Waals surface area contributed by atoms with Crippen LogP contribution < -0.4 is 5.32 Å². The lowest BCUT2D eigenvalue weighted by Gasteiger charge is -2.33. The van der Waals surface area contributed by atoms with E-state index in [9.17, 15) is 4.79 Å². The Morgan fingerprint density at radius 1 is 1.13 bits per heavy atom. The second kappa shape index (κ2) is 5.13. The quantitative estimate of drug-likeness (QED) is 0.824. The van der Waals surface area contributed by atoms with Crippen molar-refractivity contribution in [2.24, 2.45) is 5.41 Å². The van der Waals surface area contributed by atoms with E-state index in [1.807, 2.05) is 24.3 Å². The summed E-state index contributed by atoms with van der Waals surface area (Å²) in [4.78, 5) is 14.3. The first-order valence-corrected chi connectivity index (χ1v) is 7.85. The minimum atomic E-state index is -0.447. The molecule has 1 N–H and O–H groups in total. The number of nitrogens with one attached hydrogen (secondary N) is 1. The molecule has 2 aromatic rings. The number of carbonyl (C=O) groups is 1. The summed E-state index contributed by atoms with van der Waals surface area (Å²) < 4.78 is 0. The Hall–Kier alpha value is -2.80. The molecule has 0 aliphatic carbocycles. The van der Waals surface area contributed by atoms with Crippen molar-refractivity contribution in [3.63, 3.8) is 0 Å². The molecule has 0 bridgehead atoms. The normalized spacial score (nSPS) is 22.6. The molecule has 1 atom stereocenters. The summed E-state index contributed by atoms with van der Waals surface area (Å²) >= 11 is 0. The molecule has 1 saturated heterocycles. The van der Waals surface area contributed by atoms with E-state index in [0.29, 0.717) is 19.5 Å². The first-order valence-electron chi connectivity index (χ1n) is 7.85. The topological polar surface area (TPSA) is 56.1 Å². The third-order valence-corrected chi connectivity index (χ3v) is 4.97. The van der Waals surface area contributed by atoms with Crippen molar-refractivity contribution in [3.05, 3.63) is 54.1 Å². The third-order valence-electron chi connectivity index (χ3n) is 4.97. The number of nitriles is 1. The maximum atomic E-state index is 12.6. The van der Waals surface area contributed by atoms with E-state index in [0.717, 1.165) is 28.8 Å². The number of amides is 1. The Kier molecular flexibility index (Phi) is 3.09. The van der Waals surface area contributed by atoms with Crippen LogP contribution in [0.25, 0.3) is 11.1 Å². The fourth-order valence-electron chi connectivity index (χ4n) is 3.64. The second-order valence-corrected chi connectivity index (χ2v) is 6.42.